The van der Waals surface area contributed by atoms with Gasteiger partial charge in [0.05, 0.1) is 12.7 Å². The maximum absolute atomic E-state index is 5.41. The molecule has 0 atom stereocenters. The SMILES string of the molecule is NCCn1nnc2cnc(Br)nc21. The molecule has 2 heterocycles. The van der Waals surface area contributed by atoms with Crippen LogP contribution >= 0.6 is 15.9 Å². The molecule has 0 aliphatic heterocycles. The van der Waals surface area contributed by atoms with Crippen molar-refractivity contribution in [1.29, 1.82) is 0 Å². The van der Waals surface area contributed by atoms with Crippen molar-refractivity contribution in [2.45, 2.75) is 6.54 Å². The molecule has 68 valence electrons. The number of rotatable bonds is 2. The zero-order chi connectivity index (χ0) is 9.26. The fourth-order valence-electron chi connectivity index (χ4n) is 1.02. The van der Waals surface area contributed by atoms with Gasteiger partial charge in [-0.05, 0) is 15.9 Å². The van der Waals surface area contributed by atoms with Crippen LogP contribution in [0.4, 0.5) is 0 Å². The summed E-state index contributed by atoms with van der Waals surface area (Å²) in [5.41, 5.74) is 6.78. The molecule has 2 rings (SSSR count). The fourth-order valence-corrected chi connectivity index (χ4v) is 1.29. The van der Waals surface area contributed by atoms with Crippen molar-refractivity contribution in [1.82, 2.24) is 25.0 Å². The lowest BCUT2D eigenvalue weighted by molar-refractivity contribution is 0.611. The van der Waals surface area contributed by atoms with Gasteiger partial charge in [0, 0.05) is 6.54 Å². The lowest BCUT2D eigenvalue weighted by Gasteiger charge is -1.96. The number of nitrogens with two attached hydrogens (primary N) is 1. The third-order valence-electron chi connectivity index (χ3n) is 1.57. The molecule has 0 aliphatic carbocycles. The third kappa shape index (κ3) is 1.52. The molecule has 2 N–H and O–H groups in total. The van der Waals surface area contributed by atoms with Crippen LogP contribution < -0.4 is 5.73 Å². The molecule has 0 aliphatic rings. The highest BCUT2D eigenvalue weighted by Gasteiger charge is 2.05. The smallest absolute Gasteiger partial charge is 0.198 e. The van der Waals surface area contributed by atoms with Gasteiger partial charge < -0.3 is 5.73 Å². The molecule has 0 fully saturated rings. The van der Waals surface area contributed by atoms with E-state index in [1.54, 1.807) is 10.9 Å². The van der Waals surface area contributed by atoms with Gasteiger partial charge in [0.25, 0.3) is 0 Å². The second kappa shape index (κ2) is 3.35. The highest BCUT2D eigenvalue weighted by atomic mass is 79.9. The average Bonchev–Trinajstić information content (AvgIpc) is 2.49. The number of hydrogen-bond donors (Lipinski definition) is 1. The van der Waals surface area contributed by atoms with Crippen LogP contribution in [0.5, 0.6) is 0 Å². The van der Waals surface area contributed by atoms with Crippen molar-refractivity contribution in [3.8, 4) is 0 Å². The van der Waals surface area contributed by atoms with Gasteiger partial charge >= 0.3 is 0 Å². The van der Waals surface area contributed by atoms with Gasteiger partial charge in [0.2, 0.25) is 0 Å². The van der Waals surface area contributed by atoms with E-state index in [1.165, 1.54) is 0 Å². The van der Waals surface area contributed by atoms with Gasteiger partial charge in [-0.2, -0.15) is 0 Å². The summed E-state index contributed by atoms with van der Waals surface area (Å²) in [4.78, 5) is 8.08. The van der Waals surface area contributed by atoms with Crippen LogP contribution in [0, 0.1) is 0 Å². The predicted molar refractivity (Wildman–Crippen MR) is 49.9 cm³/mol. The van der Waals surface area contributed by atoms with Gasteiger partial charge in [0.1, 0.15) is 0 Å². The lowest BCUT2D eigenvalue weighted by Crippen LogP contribution is -2.11. The van der Waals surface area contributed by atoms with Crippen LogP contribution in [0.25, 0.3) is 11.2 Å². The van der Waals surface area contributed by atoms with Crippen LogP contribution in [0.15, 0.2) is 10.9 Å². The Labute approximate surface area is 82.3 Å². The molecule has 2 aromatic rings. The molecule has 0 aromatic carbocycles. The molecule has 0 amide bonds. The molecule has 0 radical (unpaired) electrons. The van der Waals surface area contributed by atoms with Crippen LogP contribution in [0.1, 0.15) is 0 Å². The fraction of sp³-hybridized carbons (Fsp3) is 0.333. The minimum absolute atomic E-state index is 0.514. The van der Waals surface area contributed by atoms with E-state index in [4.69, 9.17) is 5.73 Å². The van der Waals surface area contributed by atoms with Gasteiger partial charge in [-0.25, -0.2) is 14.6 Å². The maximum atomic E-state index is 5.41. The minimum atomic E-state index is 0.514. The molecule has 0 saturated heterocycles. The Balaban J connectivity index is 2.58. The van der Waals surface area contributed by atoms with E-state index < -0.39 is 0 Å². The second-order valence-corrected chi connectivity index (χ2v) is 3.16. The number of hydrogen-bond acceptors (Lipinski definition) is 5. The van der Waals surface area contributed by atoms with Gasteiger partial charge in [0.15, 0.2) is 15.9 Å². The first-order valence-electron chi connectivity index (χ1n) is 3.73. The summed E-state index contributed by atoms with van der Waals surface area (Å²) in [6.07, 6.45) is 1.62. The summed E-state index contributed by atoms with van der Waals surface area (Å²) in [5.74, 6) is 0. The summed E-state index contributed by atoms with van der Waals surface area (Å²) >= 11 is 3.18. The van der Waals surface area contributed by atoms with Crippen molar-refractivity contribution in [2.24, 2.45) is 5.73 Å². The molecular formula is C6H7BrN6. The monoisotopic (exact) mass is 242 g/mol. The third-order valence-corrected chi connectivity index (χ3v) is 1.95. The lowest BCUT2D eigenvalue weighted by atomic mass is 10.5. The first kappa shape index (κ1) is 8.52. The highest BCUT2D eigenvalue weighted by Crippen LogP contribution is 2.09. The van der Waals surface area contributed by atoms with Crippen LogP contribution in [-0.4, -0.2) is 31.5 Å². The van der Waals surface area contributed by atoms with Gasteiger partial charge in [-0.15, -0.1) is 5.10 Å². The normalized spacial score (nSPS) is 10.9. The van der Waals surface area contributed by atoms with Crippen molar-refractivity contribution in [2.75, 3.05) is 6.54 Å². The Bertz CT molecular complexity index is 424. The molecule has 0 saturated carbocycles. The van der Waals surface area contributed by atoms with Crippen molar-refractivity contribution in [3.63, 3.8) is 0 Å². The molecule has 13 heavy (non-hydrogen) atoms. The Morgan fingerprint density at radius 2 is 2.38 bits per heavy atom. The molecular weight excluding hydrogens is 236 g/mol. The van der Waals surface area contributed by atoms with Gasteiger partial charge in [-0.3, -0.25) is 0 Å². The Kier molecular flexibility index (Phi) is 2.19. The highest BCUT2D eigenvalue weighted by molar-refractivity contribution is 9.10. The second-order valence-electron chi connectivity index (χ2n) is 2.45. The van der Waals surface area contributed by atoms with E-state index in [9.17, 15) is 0 Å². The molecule has 0 unspecified atom stereocenters. The molecule has 7 heteroatoms. The van der Waals surface area contributed by atoms with E-state index >= 15 is 0 Å². The maximum Gasteiger partial charge on any atom is 0.198 e. The summed E-state index contributed by atoms with van der Waals surface area (Å²) in [6, 6.07) is 0. The zero-order valence-electron chi connectivity index (χ0n) is 6.68. The van der Waals surface area contributed by atoms with E-state index in [0.29, 0.717) is 29.0 Å². The predicted octanol–water partition coefficient (Wildman–Crippen LogP) is -0.0575. The van der Waals surface area contributed by atoms with Gasteiger partial charge in [-0.1, -0.05) is 5.21 Å². The van der Waals surface area contributed by atoms with E-state index in [1.807, 2.05) is 0 Å². The number of aromatic nitrogens is 5. The summed E-state index contributed by atoms with van der Waals surface area (Å²) < 4.78 is 2.18. The largest absolute Gasteiger partial charge is 0.329 e. The van der Waals surface area contributed by atoms with E-state index in [2.05, 4.69) is 36.2 Å². The van der Waals surface area contributed by atoms with Crippen LogP contribution in [0.2, 0.25) is 0 Å². The zero-order valence-corrected chi connectivity index (χ0v) is 8.27. The Morgan fingerprint density at radius 3 is 3.15 bits per heavy atom. The number of halogens is 1. The quantitative estimate of drug-likeness (QED) is 0.747. The summed E-state index contributed by atoms with van der Waals surface area (Å²) in [6.45, 7) is 1.13. The van der Waals surface area contributed by atoms with Crippen molar-refractivity contribution < 1.29 is 0 Å². The number of fused-ring (bicyclic) bond motifs is 1. The summed E-state index contributed by atoms with van der Waals surface area (Å²) in [5, 5.41) is 7.78. The Morgan fingerprint density at radius 1 is 1.54 bits per heavy atom. The molecule has 0 bridgehead atoms. The van der Waals surface area contributed by atoms with E-state index in [-0.39, 0.29) is 0 Å². The van der Waals surface area contributed by atoms with Crippen molar-refractivity contribution in [3.05, 3.63) is 10.9 Å². The molecule has 2 aromatic heterocycles. The number of nitrogens with zero attached hydrogens (tertiary/aromatic N) is 5. The standard InChI is InChI=1S/C6H7BrN6/c7-6-9-3-4-5(10-6)13(2-1-8)12-11-4/h3H,1-2,8H2. The average molecular weight is 243 g/mol. The van der Waals surface area contributed by atoms with E-state index in [0.717, 1.165) is 0 Å². The minimum Gasteiger partial charge on any atom is -0.329 e. The molecule has 6 nitrogen and oxygen atoms in total. The Hall–Kier alpha value is -1.08. The molecule has 0 spiro atoms. The first-order chi connectivity index (χ1) is 6.31. The summed E-state index contributed by atoms with van der Waals surface area (Å²) in [7, 11) is 0. The van der Waals surface area contributed by atoms with Crippen LogP contribution in [0.3, 0.4) is 0 Å². The topological polar surface area (TPSA) is 82.5 Å². The van der Waals surface area contributed by atoms with Crippen LogP contribution in [-0.2, 0) is 6.54 Å². The first-order valence-corrected chi connectivity index (χ1v) is 4.52. The van der Waals surface area contributed by atoms with Crippen molar-refractivity contribution >= 4 is 27.1 Å².